The van der Waals surface area contributed by atoms with Gasteiger partial charge < -0.3 is 35.7 Å². The SMILES string of the molecule is CO/N=C/c1cc(-c2ccc(O)c3c2C[C@H]2C[C@H]4[C@H](N(C)C)C(O)=C(C(N)=O)C(=O)[C@@]4(O)C(O)=C2C3=O)ccc1OC. The maximum atomic E-state index is 14.0. The van der Waals surface area contributed by atoms with Crippen molar-refractivity contribution in [3.05, 3.63) is 69.7 Å². The lowest BCUT2D eigenvalue weighted by molar-refractivity contribution is -0.148. The summed E-state index contributed by atoms with van der Waals surface area (Å²) in [6.07, 6.45) is 1.63. The first kappa shape index (κ1) is 28.8. The molecule has 2 aromatic rings. The van der Waals surface area contributed by atoms with Crippen molar-refractivity contribution in [2.45, 2.75) is 24.5 Å². The number of allylic oxidation sites excluding steroid dienone is 1. The fraction of sp³-hybridized carbons (Fsp3) is 0.333. The maximum absolute atomic E-state index is 14.0. The highest BCUT2D eigenvalue weighted by atomic mass is 16.6. The van der Waals surface area contributed by atoms with Gasteiger partial charge in [-0.05, 0) is 67.7 Å². The van der Waals surface area contributed by atoms with E-state index < -0.39 is 58.0 Å². The first-order valence-electron chi connectivity index (χ1n) is 13.1. The molecule has 0 radical (unpaired) electrons. The van der Waals surface area contributed by atoms with Crippen LogP contribution >= 0.6 is 0 Å². The van der Waals surface area contributed by atoms with Crippen molar-refractivity contribution in [3.8, 4) is 22.6 Å². The van der Waals surface area contributed by atoms with Gasteiger partial charge in [-0.1, -0.05) is 17.3 Å². The Bertz CT molecular complexity index is 1620. The number of amides is 1. The van der Waals surface area contributed by atoms with Crippen LogP contribution < -0.4 is 10.5 Å². The first-order valence-corrected chi connectivity index (χ1v) is 13.1. The van der Waals surface area contributed by atoms with Crippen LogP contribution in [0.25, 0.3) is 11.1 Å². The Kier molecular flexibility index (Phi) is 7.07. The second-order valence-corrected chi connectivity index (χ2v) is 10.8. The summed E-state index contributed by atoms with van der Waals surface area (Å²) >= 11 is 0. The number of carbonyl (C=O) groups is 3. The highest BCUT2D eigenvalue weighted by Gasteiger charge is 2.63. The van der Waals surface area contributed by atoms with Gasteiger partial charge in [0.1, 0.15) is 35.7 Å². The summed E-state index contributed by atoms with van der Waals surface area (Å²) in [6, 6.07) is 7.28. The van der Waals surface area contributed by atoms with Crippen molar-refractivity contribution in [2.75, 3.05) is 28.3 Å². The van der Waals surface area contributed by atoms with Crippen molar-refractivity contribution >= 4 is 23.7 Å². The molecule has 0 bridgehead atoms. The molecule has 42 heavy (non-hydrogen) atoms. The van der Waals surface area contributed by atoms with Crippen LogP contribution in [0.15, 0.2) is 58.2 Å². The molecule has 1 amide bonds. The van der Waals surface area contributed by atoms with E-state index in [9.17, 15) is 34.8 Å². The molecular weight excluding hydrogens is 546 g/mol. The normalized spacial score (nSPS) is 25.4. The number of hydrogen-bond donors (Lipinski definition) is 5. The summed E-state index contributed by atoms with van der Waals surface area (Å²) < 4.78 is 5.41. The van der Waals surface area contributed by atoms with E-state index in [2.05, 4.69) is 5.16 Å². The Hall–Kier alpha value is -4.68. The molecule has 3 aliphatic carbocycles. The minimum atomic E-state index is -2.69. The molecule has 12 nitrogen and oxygen atoms in total. The van der Waals surface area contributed by atoms with Gasteiger partial charge in [0, 0.05) is 17.1 Å². The van der Waals surface area contributed by atoms with Crippen LogP contribution in [-0.2, 0) is 20.8 Å². The van der Waals surface area contributed by atoms with E-state index in [0.29, 0.717) is 28.0 Å². The number of phenolic OH excluding ortho intramolecular Hbond substituents is 1. The summed E-state index contributed by atoms with van der Waals surface area (Å²) in [6.45, 7) is 0. The Morgan fingerprint density at radius 1 is 1.14 bits per heavy atom. The van der Waals surface area contributed by atoms with Crippen LogP contribution in [0.3, 0.4) is 0 Å². The van der Waals surface area contributed by atoms with E-state index in [1.807, 2.05) is 0 Å². The minimum absolute atomic E-state index is 0.00474. The Morgan fingerprint density at radius 2 is 1.86 bits per heavy atom. The average Bonchev–Trinajstić information content (AvgIpc) is 2.93. The third-order valence-corrected chi connectivity index (χ3v) is 8.44. The van der Waals surface area contributed by atoms with Crippen LogP contribution in [0.2, 0.25) is 0 Å². The van der Waals surface area contributed by atoms with Gasteiger partial charge in [-0.25, -0.2) is 0 Å². The summed E-state index contributed by atoms with van der Waals surface area (Å²) in [5, 5.41) is 48.8. The number of fused-ring (bicyclic) bond motifs is 3. The quantitative estimate of drug-likeness (QED) is 0.192. The smallest absolute Gasteiger partial charge is 0.255 e. The van der Waals surface area contributed by atoms with Gasteiger partial charge in [0.05, 0.1) is 24.9 Å². The molecule has 0 heterocycles. The highest BCUT2D eigenvalue weighted by Crippen LogP contribution is 2.53. The number of primary amides is 1. The number of aliphatic hydroxyl groups is 3. The molecule has 0 fully saturated rings. The summed E-state index contributed by atoms with van der Waals surface area (Å²) in [4.78, 5) is 45.9. The van der Waals surface area contributed by atoms with Crippen molar-refractivity contribution in [1.82, 2.24) is 4.90 Å². The number of carbonyl (C=O) groups excluding carboxylic acids is 3. The molecule has 4 atom stereocenters. The largest absolute Gasteiger partial charge is 0.510 e. The van der Waals surface area contributed by atoms with Crippen molar-refractivity contribution in [1.29, 1.82) is 0 Å². The standard InChI is InChI=1S/C30H31N3O9/c1-33(2)24-18-11-14-10-17-16(13-5-8-20(41-3)15(9-13)12-32-42-4)6-7-19(34)22(17)25(35)21(14)27(37)30(18,40)28(38)23(26(24)36)29(31)39/h5-9,12,14,18,24,34,36-37,40H,10-11H2,1-4H3,(H2,31,39)/b32-12+/t14-,18-,24-,30-/m0/s1. The Morgan fingerprint density at radius 3 is 2.48 bits per heavy atom. The van der Waals surface area contributed by atoms with E-state index in [-0.39, 0.29) is 29.7 Å². The fourth-order valence-electron chi connectivity index (χ4n) is 6.63. The van der Waals surface area contributed by atoms with Gasteiger partial charge in [-0.2, -0.15) is 0 Å². The summed E-state index contributed by atoms with van der Waals surface area (Å²) in [7, 11) is 6.09. The lowest BCUT2D eigenvalue weighted by Gasteiger charge is -2.50. The number of rotatable bonds is 6. The van der Waals surface area contributed by atoms with Gasteiger partial charge in [0.15, 0.2) is 11.4 Å². The summed E-state index contributed by atoms with van der Waals surface area (Å²) in [5.74, 6) is -6.43. The molecule has 12 heteroatoms. The number of ketones is 2. The van der Waals surface area contributed by atoms with Crippen molar-refractivity contribution in [3.63, 3.8) is 0 Å². The number of likely N-dealkylation sites (N-methyl/N-ethyl adjacent to an activating group) is 1. The summed E-state index contributed by atoms with van der Waals surface area (Å²) in [5.41, 5.74) is 3.98. The number of nitrogens with zero attached hydrogens (tertiary/aromatic N) is 2. The number of methoxy groups -OCH3 is 1. The monoisotopic (exact) mass is 577 g/mol. The van der Waals surface area contributed by atoms with Crippen LogP contribution in [0.4, 0.5) is 0 Å². The zero-order valence-electron chi connectivity index (χ0n) is 23.4. The molecule has 2 aromatic carbocycles. The molecule has 0 aromatic heterocycles. The van der Waals surface area contributed by atoms with Gasteiger partial charge in [0.25, 0.3) is 5.91 Å². The van der Waals surface area contributed by atoms with Gasteiger partial charge >= 0.3 is 0 Å². The maximum Gasteiger partial charge on any atom is 0.255 e. The number of ether oxygens (including phenoxy) is 1. The second kappa shape index (κ2) is 10.3. The topological polar surface area (TPSA) is 192 Å². The second-order valence-electron chi connectivity index (χ2n) is 10.8. The van der Waals surface area contributed by atoms with E-state index in [1.165, 1.54) is 31.4 Å². The molecule has 220 valence electrons. The minimum Gasteiger partial charge on any atom is -0.510 e. The molecule has 3 aliphatic rings. The van der Waals surface area contributed by atoms with E-state index in [0.717, 1.165) is 0 Å². The number of nitrogens with two attached hydrogens (primary N) is 1. The third-order valence-electron chi connectivity index (χ3n) is 8.44. The molecule has 0 spiro atoms. The Labute approximate surface area is 240 Å². The van der Waals surface area contributed by atoms with Crippen LogP contribution in [0, 0.1) is 11.8 Å². The molecule has 0 saturated heterocycles. The average molecular weight is 578 g/mol. The number of aromatic hydroxyl groups is 1. The third kappa shape index (κ3) is 4.05. The predicted molar refractivity (Wildman–Crippen MR) is 150 cm³/mol. The highest BCUT2D eigenvalue weighted by molar-refractivity contribution is 6.25. The number of phenols is 1. The van der Waals surface area contributed by atoms with Gasteiger partial charge in [-0.15, -0.1) is 0 Å². The number of hydrogen-bond acceptors (Lipinski definition) is 11. The molecule has 6 N–H and O–H groups in total. The van der Waals surface area contributed by atoms with Crippen molar-refractivity contribution < 1.29 is 44.4 Å². The Balaban J connectivity index is 1.70. The predicted octanol–water partition coefficient (Wildman–Crippen LogP) is 1.78. The molecule has 0 aliphatic heterocycles. The molecule has 0 saturated carbocycles. The number of Topliss-reactive ketones (excluding diaryl/α,β-unsaturated/α-hetero) is 2. The van der Waals surface area contributed by atoms with Gasteiger partial charge in [-0.3, -0.25) is 19.3 Å². The van der Waals surface area contributed by atoms with E-state index in [1.54, 1.807) is 38.4 Å². The van der Waals surface area contributed by atoms with E-state index >= 15 is 0 Å². The van der Waals surface area contributed by atoms with E-state index in [4.69, 9.17) is 15.3 Å². The number of oxime groups is 1. The van der Waals surface area contributed by atoms with Crippen LogP contribution in [0.1, 0.15) is 27.9 Å². The first-order chi connectivity index (χ1) is 19.9. The van der Waals surface area contributed by atoms with Crippen LogP contribution in [0.5, 0.6) is 11.5 Å². The lowest BCUT2D eigenvalue weighted by atomic mass is 9.58. The molecule has 5 rings (SSSR count). The van der Waals surface area contributed by atoms with Crippen molar-refractivity contribution in [2.24, 2.45) is 22.7 Å². The number of benzene rings is 2. The lowest BCUT2D eigenvalue weighted by Crippen LogP contribution is -2.63. The zero-order valence-corrected chi connectivity index (χ0v) is 23.4. The van der Waals surface area contributed by atoms with Crippen LogP contribution in [-0.4, -0.2) is 89.0 Å². The molecular formula is C30H31N3O9. The van der Waals surface area contributed by atoms with Gasteiger partial charge in [0.2, 0.25) is 5.78 Å². The fourth-order valence-corrected chi connectivity index (χ4v) is 6.63. The number of aliphatic hydroxyl groups excluding tert-OH is 2. The molecule has 0 unspecified atom stereocenters. The zero-order chi connectivity index (χ0) is 30.7.